The summed E-state index contributed by atoms with van der Waals surface area (Å²) in [6.07, 6.45) is 3.35. The first-order valence-corrected chi connectivity index (χ1v) is 6.85. The molecule has 3 rings (SSSR count). The van der Waals surface area contributed by atoms with Gasteiger partial charge < -0.3 is 10.6 Å². The van der Waals surface area contributed by atoms with E-state index in [1.165, 1.54) is 6.07 Å². The summed E-state index contributed by atoms with van der Waals surface area (Å²) in [6, 6.07) is 8.94. The lowest BCUT2D eigenvalue weighted by Crippen LogP contribution is -2.02. The van der Waals surface area contributed by atoms with E-state index in [-0.39, 0.29) is 0 Å². The number of rotatable bonds is 4. The first-order valence-electron chi connectivity index (χ1n) is 6.85. The molecule has 23 heavy (non-hydrogen) atoms. The summed E-state index contributed by atoms with van der Waals surface area (Å²) in [5.41, 5.74) is 1.86. The van der Waals surface area contributed by atoms with Gasteiger partial charge in [-0.1, -0.05) is 0 Å². The van der Waals surface area contributed by atoms with Crippen LogP contribution in [0.2, 0.25) is 0 Å². The number of nitrogens with zero attached hydrogens (tertiary/aromatic N) is 3. The van der Waals surface area contributed by atoms with Crippen molar-refractivity contribution < 1.29 is 8.78 Å². The minimum Gasteiger partial charge on any atom is -0.357 e. The minimum absolute atomic E-state index is 0.391. The smallest absolute Gasteiger partial charge is 0.224 e. The Morgan fingerprint density at radius 1 is 1.00 bits per heavy atom. The van der Waals surface area contributed by atoms with Gasteiger partial charge in [0.1, 0.15) is 5.82 Å². The Balaban J connectivity index is 1.97. The van der Waals surface area contributed by atoms with Gasteiger partial charge in [-0.25, -0.2) is 13.8 Å². The largest absolute Gasteiger partial charge is 0.357 e. The normalized spacial score (nSPS) is 10.4. The highest BCUT2D eigenvalue weighted by atomic mass is 19.2. The number of benzene rings is 1. The Hall–Kier alpha value is -3.09. The van der Waals surface area contributed by atoms with E-state index in [4.69, 9.17) is 0 Å². The van der Waals surface area contributed by atoms with E-state index in [0.717, 1.165) is 17.7 Å². The van der Waals surface area contributed by atoms with E-state index >= 15 is 0 Å². The predicted octanol–water partition coefficient (Wildman–Crippen LogP) is 3.60. The molecule has 1 aromatic carbocycles. The summed E-state index contributed by atoms with van der Waals surface area (Å²) in [4.78, 5) is 12.7. The van der Waals surface area contributed by atoms with Crippen LogP contribution in [0.5, 0.6) is 0 Å². The van der Waals surface area contributed by atoms with Crippen molar-refractivity contribution in [2.24, 2.45) is 0 Å². The van der Waals surface area contributed by atoms with E-state index in [1.807, 2.05) is 6.07 Å². The molecule has 0 saturated carbocycles. The van der Waals surface area contributed by atoms with Gasteiger partial charge in [-0.05, 0) is 24.3 Å². The Morgan fingerprint density at radius 2 is 1.87 bits per heavy atom. The summed E-state index contributed by atoms with van der Waals surface area (Å²) in [5.74, 6) is -0.971. The first kappa shape index (κ1) is 14.8. The van der Waals surface area contributed by atoms with Crippen molar-refractivity contribution in [3.8, 4) is 11.3 Å². The quantitative estimate of drug-likeness (QED) is 0.770. The van der Waals surface area contributed by atoms with E-state index in [1.54, 1.807) is 31.6 Å². The minimum atomic E-state index is -0.926. The van der Waals surface area contributed by atoms with Crippen LogP contribution in [0.25, 0.3) is 11.3 Å². The third-order valence-corrected chi connectivity index (χ3v) is 3.10. The molecule has 0 saturated heterocycles. The maximum absolute atomic E-state index is 13.3. The molecular weight excluding hydrogens is 300 g/mol. The fourth-order valence-corrected chi connectivity index (χ4v) is 2.01. The lowest BCUT2D eigenvalue weighted by atomic mass is 10.2. The van der Waals surface area contributed by atoms with E-state index in [0.29, 0.717) is 23.1 Å². The number of aromatic nitrogens is 3. The van der Waals surface area contributed by atoms with Crippen LogP contribution in [0, 0.1) is 11.6 Å². The molecule has 0 unspecified atom stereocenters. The summed E-state index contributed by atoms with van der Waals surface area (Å²) in [6.45, 7) is 0. The van der Waals surface area contributed by atoms with Gasteiger partial charge in [0.05, 0.1) is 5.69 Å². The molecule has 2 heterocycles. The molecule has 0 spiro atoms. The number of hydrogen-bond donors (Lipinski definition) is 2. The lowest BCUT2D eigenvalue weighted by Gasteiger charge is -2.10. The van der Waals surface area contributed by atoms with Crippen molar-refractivity contribution in [3.63, 3.8) is 0 Å². The highest BCUT2D eigenvalue weighted by molar-refractivity contribution is 5.66. The molecule has 0 fully saturated rings. The average Bonchev–Trinajstić information content (AvgIpc) is 2.58. The maximum atomic E-state index is 13.3. The molecule has 0 aliphatic rings. The van der Waals surface area contributed by atoms with Gasteiger partial charge in [0.15, 0.2) is 11.6 Å². The molecule has 0 radical (unpaired) electrons. The summed E-state index contributed by atoms with van der Waals surface area (Å²) in [7, 11) is 1.70. The zero-order valence-electron chi connectivity index (χ0n) is 12.2. The summed E-state index contributed by atoms with van der Waals surface area (Å²) in [5, 5.41) is 5.81. The maximum Gasteiger partial charge on any atom is 0.224 e. The Morgan fingerprint density at radius 3 is 2.57 bits per heavy atom. The van der Waals surface area contributed by atoms with Gasteiger partial charge in [-0.15, -0.1) is 0 Å². The van der Waals surface area contributed by atoms with Crippen LogP contribution in [0.15, 0.2) is 48.8 Å². The van der Waals surface area contributed by atoms with Crippen molar-refractivity contribution in [1.29, 1.82) is 0 Å². The summed E-state index contributed by atoms with van der Waals surface area (Å²) < 4.78 is 26.3. The zero-order valence-corrected chi connectivity index (χ0v) is 12.2. The van der Waals surface area contributed by atoms with Crippen molar-refractivity contribution in [1.82, 2.24) is 15.0 Å². The zero-order chi connectivity index (χ0) is 16.2. The average molecular weight is 313 g/mol. The predicted molar refractivity (Wildman–Crippen MR) is 84.5 cm³/mol. The van der Waals surface area contributed by atoms with Gasteiger partial charge in [0.2, 0.25) is 5.95 Å². The Kier molecular flexibility index (Phi) is 4.09. The molecule has 116 valence electrons. The Labute approximate surface area is 131 Å². The van der Waals surface area contributed by atoms with E-state index < -0.39 is 11.6 Å². The standard InChI is InChI=1S/C16H13F2N5/c1-19-16-22-14(10-3-2-6-20-9-10)8-15(23-16)21-11-4-5-12(17)13(18)7-11/h2-9H,1H3,(H2,19,21,22,23). The Bertz CT molecular complexity index is 824. The molecular formula is C16H13F2N5. The van der Waals surface area contributed by atoms with Crippen LogP contribution in [0.3, 0.4) is 0 Å². The monoisotopic (exact) mass is 313 g/mol. The van der Waals surface area contributed by atoms with Gasteiger partial charge in [0.25, 0.3) is 0 Å². The number of pyridine rings is 1. The van der Waals surface area contributed by atoms with Crippen LogP contribution in [-0.4, -0.2) is 22.0 Å². The van der Waals surface area contributed by atoms with Gasteiger partial charge in [-0.2, -0.15) is 4.98 Å². The van der Waals surface area contributed by atoms with Crippen LogP contribution in [-0.2, 0) is 0 Å². The van der Waals surface area contributed by atoms with Crippen molar-refractivity contribution in [2.45, 2.75) is 0 Å². The van der Waals surface area contributed by atoms with Crippen molar-refractivity contribution >= 4 is 17.5 Å². The van der Waals surface area contributed by atoms with E-state index in [9.17, 15) is 8.78 Å². The van der Waals surface area contributed by atoms with Gasteiger partial charge >= 0.3 is 0 Å². The molecule has 5 nitrogen and oxygen atoms in total. The van der Waals surface area contributed by atoms with Crippen LogP contribution in [0.1, 0.15) is 0 Å². The number of anilines is 3. The second kappa shape index (κ2) is 6.35. The van der Waals surface area contributed by atoms with Crippen LogP contribution in [0.4, 0.5) is 26.2 Å². The second-order valence-corrected chi connectivity index (χ2v) is 4.71. The molecule has 3 aromatic rings. The molecule has 0 bridgehead atoms. The van der Waals surface area contributed by atoms with Crippen molar-refractivity contribution in [3.05, 3.63) is 60.4 Å². The second-order valence-electron chi connectivity index (χ2n) is 4.71. The van der Waals surface area contributed by atoms with Gasteiger partial charge in [-0.3, -0.25) is 4.98 Å². The van der Waals surface area contributed by atoms with Crippen LogP contribution >= 0.6 is 0 Å². The topological polar surface area (TPSA) is 62.7 Å². The number of halogens is 2. The fraction of sp³-hybridized carbons (Fsp3) is 0.0625. The van der Waals surface area contributed by atoms with Crippen LogP contribution < -0.4 is 10.6 Å². The number of hydrogen-bond acceptors (Lipinski definition) is 5. The fourth-order valence-electron chi connectivity index (χ4n) is 2.01. The van der Waals surface area contributed by atoms with Crippen molar-refractivity contribution in [2.75, 3.05) is 17.7 Å². The molecule has 0 atom stereocenters. The van der Waals surface area contributed by atoms with Gasteiger partial charge in [0, 0.05) is 42.8 Å². The molecule has 0 aliphatic carbocycles. The third-order valence-electron chi connectivity index (χ3n) is 3.10. The lowest BCUT2D eigenvalue weighted by molar-refractivity contribution is 0.509. The molecule has 2 aromatic heterocycles. The first-order chi connectivity index (χ1) is 11.2. The SMILES string of the molecule is CNc1nc(Nc2ccc(F)c(F)c2)cc(-c2cccnc2)n1. The molecule has 0 aliphatic heterocycles. The number of nitrogens with one attached hydrogen (secondary N) is 2. The molecule has 2 N–H and O–H groups in total. The highest BCUT2D eigenvalue weighted by Gasteiger charge is 2.08. The molecule has 0 amide bonds. The molecule has 7 heteroatoms. The highest BCUT2D eigenvalue weighted by Crippen LogP contribution is 2.23. The third kappa shape index (κ3) is 3.39. The van der Waals surface area contributed by atoms with E-state index in [2.05, 4.69) is 25.6 Å². The summed E-state index contributed by atoms with van der Waals surface area (Å²) >= 11 is 0.